The molecule has 1 aliphatic heterocycles. The van der Waals surface area contributed by atoms with E-state index in [0.29, 0.717) is 17.4 Å². The van der Waals surface area contributed by atoms with Crippen molar-refractivity contribution in [2.75, 3.05) is 30.8 Å². The van der Waals surface area contributed by atoms with Crippen molar-refractivity contribution in [1.82, 2.24) is 29.3 Å². The Labute approximate surface area is 173 Å². The van der Waals surface area contributed by atoms with Gasteiger partial charge in [0.15, 0.2) is 5.65 Å². The van der Waals surface area contributed by atoms with Crippen LogP contribution >= 0.6 is 0 Å². The Morgan fingerprint density at radius 2 is 2.17 bits per heavy atom. The molecule has 0 spiro atoms. The third-order valence-electron chi connectivity index (χ3n) is 5.19. The highest BCUT2D eigenvalue weighted by molar-refractivity contribution is 5.90. The van der Waals surface area contributed by atoms with E-state index in [1.54, 1.807) is 35.1 Å². The predicted octanol–water partition coefficient (Wildman–Crippen LogP) is 1.16. The van der Waals surface area contributed by atoms with Gasteiger partial charge in [0.05, 0.1) is 17.1 Å². The van der Waals surface area contributed by atoms with Gasteiger partial charge in [-0.2, -0.15) is 5.10 Å². The molecule has 1 amide bonds. The van der Waals surface area contributed by atoms with Crippen LogP contribution < -0.4 is 16.2 Å². The van der Waals surface area contributed by atoms with Crippen LogP contribution in [-0.2, 0) is 11.3 Å². The number of anilines is 2. The van der Waals surface area contributed by atoms with Gasteiger partial charge in [-0.25, -0.2) is 4.68 Å². The molecule has 3 aromatic heterocycles. The first-order valence-electron chi connectivity index (χ1n) is 10.1. The molecule has 0 bridgehead atoms. The topological polar surface area (TPSA) is 109 Å². The van der Waals surface area contributed by atoms with Crippen LogP contribution in [0.5, 0.6) is 0 Å². The average molecular weight is 410 g/mol. The molecule has 3 aromatic rings. The molecule has 4 heterocycles. The van der Waals surface area contributed by atoms with Crippen molar-refractivity contribution in [2.45, 2.75) is 38.8 Å². The number of carbonyl (C=O) groups is 1. The van der Waals surface area contributed by atoms with Crippen molar-refractivity contribution in [2.24, 2.45) is 0 Å². The Hall–Kier alpha value is -3.27. The summed E-state index contributed by atoms with van der Waals surface area (Å²) in [6, 6.07) is 5.34. The first-order chi connectivity index (χ1) is 14.4. The van der Waals surface area contributed by atoms with E-state index < -0.39 is 0 Å². The summed E-state index contributed by atoms with van der Waals surface area (Å²) in [6.45, 7) is 5.85. The lowest BCUT2D eigenvalue weighted by atomic mass is 10.1. The maximum absolute atomic E-state index is 12.6. The van der Waals surface area contributed by atoms with E-state index >= 15 is 0 Å². The van der Waals surface area contributed by atoms with Gasteiger partial charge in [0, 0.05) is 24.8 Å². The summed E-state index contributed by atoms with van der Waals surface area (Å²) >= 11 is 0. The first-order valence-corrected chi connectivity index (χ1v) is 10.1. The number of aromatic nitrogens is 5. The quantitative estimate of drug-likeness (QED) is 0.628. The largest absolute Gasteiger partial charge is 0.379 e. The van der Waals surface area contributed by atoms with E-state index in [2.05, 4.69) is 37.9 Å². The molecule has 0 saturated carbocycles. The summed E-state index contributed by atoms with van der Waals surface area (Å²) in [5.41, 5.74) is 2.50. The van der Waals surface area contributed by atoms with Gasteiger partial charge in [-0.05, 0) is 38.1 Å². The van der Waals surface area contributed by atoms with Crippen LogP contribution in [0.1, 0.15) is 31.9 Å². The van der Waals surface area contributed by atoms with Gasteiger partial charge in [0.2, 0.25) is 5.91 Å². The molecule has 0 radical (unpaired) electrons. The van der Waals surface area contributed by atoms with Crippen molar-refractivity contribution in [3.63, 3.8) is 0 Å². The molecule has 2 N–H and O–H groups in total. The monoisotopic (exact) mass is 410 g/mol. The number of carbonyl (C=O) groups excluding carboxylic acids is 1. The van der Waals surface area contributed by atoms with Crippen LogP contribution in [0.3, 0.4) is 0 Å². The third kappa shape index (κ3) is 4.33. The minimum atomic E-state index is -0.329. The maximum atomic E-state index is 12.6. The zero-order chi connectivity index (χ0) is 21.3. The molecule has 1 atom stereocenters. The minimum absolute atomic E-state index is 0.109. The molecule has 4 rings (SSSR count). The van der Waals surface area contributed by atoms with Crippen LogP contribution in [0.4, 0.5) is 11.4 Å². The number of likely N-dealkylation sites (N-methyl/N-ethyl adjacent to an activating group) is 1. The zero-order valence-corrected chi connectivity index (χ0v) is 17.4. The summed E-state index contributed by atoms with van der Waals surface area (Å²) in [6.07, 6.45) is 4.30. The normalized spacial score (nSPS) is 17.0. The van der Waals surface area contributed by atoms with Gasteiger partial charge in [-0.3, -0.25) is 14.0 Å². The van der Waals surface area contributed by atoms with Crippen molar-refractivity contribution < 1.29 is 4.79 Å². The summed E-state index contributed by atoms with van der Waals surface area (Å²) < 4.78 is 2.92. The second-order valence-electron chi connectivity index (χ2n) is 8.05. The number of amides is 1. The van der Waals surface area contributed by atoms with Crippen molar-refractivity contribution in [3.8, 4) is 0 Å². The average Bonchev–Trinajstić information content (AvgIpc) is 3.31. The second kappa shape index (κ2) is 8.23. The second-order valence-corrected chi connectivity index (χ2v) is 8.05. The molecule has 1 aliphatic rings. The van der Waals surface area contributed by atoms with Gasteiger partial charge in [-0.1, -0.05) is 13.8 Å². The fourth-order valence-corrected chi connectivity index (χ4v) is 3.67. The van der Waals surface area contributed by atoms with E-state index in [0.717, 1.165) is 30.9 Å². The zero-order valence-electron chi connectivity index (χ0n) is 17.4. The van der Waals surface area contributed by atoms with E-state index in [-0.39, 0.29) is 23.9 Å². The highest BCUT2D eigenvalue weighted by Crippen LogP contribution is 2.22. The predicted molar refractivity (Wildman–Crippen MR) is 114 cm³/mol. The number of fused-ring (bicyclic) bond motifs is 1. The van der Waals surface area contributed by atoms with Crippen LogP contribution in [0.2, 0.25) is 0 Å². The summed E-state index contributed by atoms with van der Waals surface area (Å²) in [5, 5.41) is 18.5. The highest BCUT2D eigenvalue weighted by Gasteiger charge is 2.22. The Morgan fingerprint density at radius 1 is 1.33 bits per heavy atom. The van der Waals surface area contributed by atoms with Crippen LogP contribution in [0.25, 0.3) is 5.65 Å². The van der Waals surface area contributed by atoms with Crippen LogP contribution in [0.15, 0.2) is 35.5 Å². The summed E-state index contributed by atoms with van der Waals surface area (Å²) in [7, 11) is 2.08. The van der Waals surface area contributed by atoms with E-state index in [1.807, 2.05) is 13.8 Å². The van der Waals surface area contributed by atoms with Crippen molar-refractivity contribution in [3.05, 3.63) is 46.8 Å². The number of rotatable bonds is 6. The van der Waals surface area contributed by atoms with Crippen molar-refractivity contribution in [1.29, 1.82) is 0 Å². The molecule has 0 aliphatic carbocycles. The molecular formula is C20H26N8O2. The summed E-state index contributed by atoms with van der Waals surface area (Å²) in [4.78, 5) is 27.4. The van der Waals surface area contributed by atoms with Crippen molar-refractivity contribution >= 4 is 22.9 Å². The van der Waals surface area contributed by atoms with E-state index in [4.69, 9.17) is 0 Å². The lowest BCUT2D eigenvalue weighted by molar-refractivity contribution is -0.117. The van der Waals surface area contributed by atoms with E-state index in [9.17, 15) is 9.59 Å². The Balaban J connectivity index is 1.50. The Morgan fingerprint density at radius 3 is 2.90 bits per heavy atom. The van der Waals surface area contributed by atoms with Gasteiger partial charge < -0.3 is 15.5 Å². The molecule has 30 heavy (non-hydrogen) atoms. The highest BCUT2D eigenvalue weighted by atomic mass is 16.2. The first kappa shape index (κ1) is 20.0. The number of nitrogens with zero attached hydrogens (tertiary/aromatic N) is 6. The molecule has 1 saturated heterocycles. The van der Waals surface area contributed by atoms with Gasteiger partial charge in [0.1, 0.15) is 12.9 Å². The van der Waals surface area contributed by atoms with Crippen LogP contribution in [0, 0.1) is 0 Å². The molecule has 1 fully saturated rings. The standard InChI is InChI=1S/C20H26N8O2/c1-13(2)20-16(22-15-6-7-26(3)9-15)8-19(30)28(25-20)11-18(29)23-14-4-5-17-24-21-12-27(17)10-14/h4-5,8,10,12-13,15,22H,6-7,9,11H2,1-3H3,(H,23,29). The fourth-order valence-electron chi connectivity index (χ4n) is 3.67. The SMILES string of the molecule is CC(C)c1nn(CC(=O)Nc2ccc3nncn3c2)c(=O)cc1NC1CCN(C)C1. The number of hydrogen-bond donors (Lipinski definition) is 2. The maximum Gasteiger partial charge on any atom is 0.269 e. The smallest absolute Gasteiger partial charge is 0.269 e. The molecule has 10 nitrogen and oxygen atoms in total. The Bertz CT molecular complexity index is 1120. The fraction of sp³-hybridized carbons (Fsp3) is 0.450. The third-order valence-corrected chi connectivity index (χ3v) is 5.19. The molecule has 1 unspecified atom stereocenters. The van der Waals surface area contributed by atoms with Crippen LogP contribution in [-0.4, -0.2) is 61.4 Å². The number of nitrogens with one attached hydrogen (secondary N) is 2. The number of pyridine rings is 1. The van der Waals surface area contributed by atoms with Gasteiger partial charge in [0.25, 0.3) is 5.56 Å². The number of hydrogen-bond acceptors (Lipinski definition) is 7. The lowest BCUT2D eigenvalue weighted by Gasteiger charge is -2.19. The van der Waals surface area contributed by atoms with E-state index in [1.165, 1.54) is 4.68 Å². The summed E-state index contributed by atoms with van der Waals surface area (Å²) in [5.74, 6) is -0.220. The Kier molecular flexibility index (Phi) is 5.49. The minimum Gasteiger partial charge on any atom is -0.379 e. The lowest BCUT2D eigenvalue weighted by Crippen LogP contribution is -2.32. The molecule has 0 aromatic carbocycles. The molecule has 10 heteroatoms. The van der Waals surface area contributed by atoms with Gasteiger partial charge >= 0.3 is 0 Å². The molecule has 158 valence electrons. The van der Waals surface area contributed by atoms with Gasteiger partial charge in [-0.15, -0.1) is 10.2 Å². The molecular weight excluding hydrogens is 384 g/mol. The number of likely N-dealkylation sites (tertiary alicyclic amines) is 1.